The number of aromatic nitrogens is 2. The van der Waals surface area contributed by atoms with E-state index in [-0.39, 0.29) is 23.1 Å². The van der Waals surface area contributed by atoms with Crippen LogP contribution in [0.4, 0.5) is 26.1 Å². The van der Waals surface area contributed by atoms with Crippen LogP contribution in [0, 0.1) is 11.6 Å². The molecule has 0 aliphatic carbocycles. The summed E-state index contributed by atoms with van der Waals surface area (Å²) in [5, 5.41) is 9.79. The van der Waals surface area contributed by atoms with Crippen molar-refractivity contribution in [1.82, 2.24) is 10.2 Å². The minimum absolute atomic E-state index is 0.0326. The van der Waals surface area contributed by atoms with E-state index in [9.17, 15) is 17.2 Å². The molecule has 0 amide bonds. The lowest BCUT2D eigenvalue weighted by Crippen LogP contribution is -2.17. The van der Waals surface area contributed by atoms with E-state index in [1.807, 2.05) is 0 Å². The van der Waals surface area contributed by atoms with Gasteiger partial charge in [-0.2, -0.15) is 0 Å². The molecule has 0 aliphatic heterocycles. The summed E-state index contributed by atoms with van der Waals surface area (Å²) in [5.41, 5.74) is -0.351. The first kappa shape index (κ1) is 16.1. The second-order valence-corrected chi connectivity index (χ2v) is 6.29. The summed E-state index contributed by atoms with van der Waals surface area (Å²) in [5.74, 6) is -1.45. The molecule has 1 aromatic heterocycles. The van der Waals surface area contributed by atoms with Crippen LogP contribution in [0.15, 0.2) is 30.3 Å². The van der Waals surface area contributed by atoms with Crippen molar-refractivity contribution in [3.05, 3.63) is 42.0 Å². The lowest BCUT2D eigenvalue weighted by Gasteiger charge is -2.08. The van der Waals surface area contributed by atoms with Crippen molar-refractivity contribution in [3.8, 4) is 0 Å². The van der Waals surface area contributed by atoms with Crippen LogP contribution in [0.5, 0.6) is 0 Å². The van der Waals surface area contributed by atoms with Crippen molar-refractivity contribution in [2.24, 2.45) is 0 Å². The van der Waals surface area contributed by atoms with Gasteiger partial charge < -0.3 is 5.32 Å². The topological polar surface area (TPSA) is 84.0 Å². The number of benzene rings is 1. The van der Waals surface area contributed by atoms with Gasteiger partial charge in [0.1, 0.15) is 17.3 Å². The Bertz CT molecular complexity index is 731. The van der Waals surface area contributed by atoms with Crippen molar-refractivity contribution >= 4 is 27.3 Å². The number of hydrogen-bond donors (Lipinski definition) is 2. The van der Waals surface area contributed by atoms with Crippen LogP contribution in [0.1, 0.15) is 13.3 Å². The van der Waals surface area contributed by atoms with Gasteiger partial charge in [0.05, 0.1) is 5.75 Å². The first-order chi connectivity index (χ1) is 10.4. The molecular formula is C13H14F2N4O2S. The summed E-state index contributed by atoms with van der Waals surface area (Å²) < 4.78 is 52.4. The number of halogens is 2. The van der Waals surface area contributed by atoms with Crippen LogP contribution in [0.2, 0.25) is 0 Å². The Labute approximate surface area is 126 Å². The molecule has 2 aromatic rings. The average Bonchev–Trinajstić information content (AvgIpc) is 2.44. The van der Waals surface area contributed by atoms with E-state index in [0.29, 0.717) is 6.42 Å². The van der Waals surface area contributed by atoms with E-state index in [1.54, 1.807) is 6.92 Å². The van der Waals surface area contributed by atoms with Crippen molar-refractivity contribution in [2.75, 3.05) is 15.8 Å². The van der Waals surface area contributed by atoms with Gasteiger partial charge in [-0.15, -0.1) is 10.2 Å². The van der Waals surface area contributed by atoms with E-state index in [0.717, 1.165) is 12.1 Å². The molecule has 1 heterocycles. The minimum Gasteiger partial charge on any atom is -0.334 e. The molecule has 0 spiro atoms. The molecule has 0 saturated carbocycles. The van der Waals surface area contributed by atoms with Gasteiger partial charge in [0.15, 0.2) is 11.6 Å². The maximum Gasteiger partial charge on any atom is 0.233 e. The van der Waals surface area contributed by atoms with E-state index < -0.39 is 21.7 Å². The second kappa shape index (κ2) is 6.65. The number of sulfonamides is 1. The zero-order chi connectivity index (χ0) is 16.2. The highest BCUT2D eigenvalue weighted by atomic mass is 32.2. The summed E-state index contributed by atoms with van der Waals surface area (Å²) in [6.07, 6.45) is 0.467. The summed E-state index contributed by atoms with van der Waals surface area (Å²) in [6, 6.07) is 6.16. The summed E-state index contributed by atoms with van der Waals surface area (Å²) in [6.45, 7) is 1.74. The molecule has 1 aromatic carbocycles. The molecule has 2 rings (SSSR count). The Hall–Kier alpha value is -2.29. The fourth-order valence-electron chi connectivity index (χ4n) is 1.68. The third kappa shape index (κ3) is 4.10. The Morgan fingerprint density at radius 2 is 1.64 bits per heavy atom. The maximum absolute atomic E-state index is 13.5. The lowest BCUT2D eigenvalue weighted by molar-refractivity contribution is 0.590. The SMILES string of the molecule is CCCS(=O)(=O)Nc1ccc(Nc2c(F)cccc2F)nn1. The highest BCUT2D eigenvalue weighted by Gasteiger charge is 2.12. The van der Waals surface area contributed by atoms with Crippen molar-refractivity contribution in [2.45, 2.75) is 13.3 Å². The Kier molecular flexibility index (Phi) is 4.86. The molecule has 2 N–H and O–H groups in total. The number of para-hydroxylation sites is 1. The molecule has 0 atom stereocenters. The molecule has 0 unspecified atom stereocenters. The molecular weight excluding hydrogens is 314 g/mol. The smallest absolute Gasteiger partial charge is 0.233 e. The summed E-state index contributed by atoms with van der Waals surface area (Å²) in [7, 11) is -3.46. The zero-order valence-electron chi connectivity index (χ0n) is 11.7. The Balaban J connectivity index is 2.13. The fourth-order valence-corrected chi connectivity index (χ4v) is 2.74. The van der Waals surface area contributed by atoms with Crippen LogP contribution in [-0.2, 0) is 10.0 Å². The highest BCUT2D eigenvalue weighted by molar-refractivity contribution is 7.92. The number of nitrogens with one attached hydrogen (secondary N) is 2. The van der Waals surface area contributed by atoms with Gasteiger partial charge in [-0.25, -0.2) is 17.2 Å². The van der Waals surface area contributed by atoms with Gasteiger partial charge in [-0.3, -0.25) is 4.72 Å². The van der Waals surface area contributed by atoms with Crippen LogP contribution < -0.4 is 10.0 Å². The molecule has 0 radical (unpaired) electrons. The highest BCUT2D eigenvalue weighted by Crippen LogP contribution is 2.22. The molecule has 118 valence electrons. The molecule has 0 saturated heterocycles. The fraction of sp³-hybridized carbons (Fsp3) is 0.231. The number of anilines is 3. The van der Waals surface area contributed by atoms with E-state index in [1.165, 1.54) is 18.2 Å². The van der Waals surface area contributed by atoms with E-state index in [4.69, 9.17) is 0 Å². The number of nitrogens with zero attached hydrogens (tertiary/aromatic N) is 2. The van der Waals surface area contributed by atoms with Gasteiger partial charge >= 0.3 is 0 Å². The first-order valence-electron chi connectivity index (χ1n) is 6.46. The van der Waals surface area contributed by atoms with Gasteiger partial charge in [0.2, 0.25) is 10.0 Å². The van der Waals surface area contributed by atoms with Crippen LogP contribution in [0.3, 0.4) is 0 Å². The minimum atomic E-state index is -3.46. The third-order valence-electron chi connectivity index (χ3n) is 2.61. The Morgan fingerprint density at radius 1 is 1.05 bits per heavy atom. The molecule has 0 aliphatic rings. The normalized spacial score (nSPS) is 11.2. The molecule has 22 heavy (non-hydrogen) atoms. The van der Waals surface area contributed by atoms with Crippen molar-refractivity contribution < 1.29 is 17.2 Å². The average molecular weight is 328 g/mol. The van der Waals surface area contributed by atoms with Crippen LogP contribution in [-0.4, -0.2) is 24.4 Å². The first-order valence-corrected chi connectivity index (χ1v) is 8.12. The summed E-state index contributed by atoms with van der Waals surface area (Å²) >= 11 is 0. The molecule has 9 heteroatoms. The quantitative estimate of drug-likeness (QED) is 0.851. The van der Waals surface area contributed by atoms with Crippen LogP contribution in [0.25, 0.3) is 0 Å². The van der Waals surface area contributed by atoms with Crippen molar-refractivity contribution in [3.63, 3.8) is 0 Å². The van der Waals surface area contributed by atoms with Crippen LogP contribution >= 0.6 is 0 Å². The van der Waals surface area contributed by atoms with Gasteiger partial charge in [-0.1, -0.05) is 13.0 Å². The number of rotatable bonds is 6. The van der Waals surface area contributed by atoms with Crippen molar-refractivity contribution in [1.29, 1.82) is 0 Å². The maximum atomic E-state index is 13.5. The third-order valence-corrected chi connectivity index (χ3v) is 4.08. The summed E-state index contributed by atoms with van der Waals surface area (Å²) in [4.78, 5) is 0. The molecule has 6 nitrogen and oxygen atoms in total. The number of hydrogen-bond acceptors (Lipinski definition) is 5. The standard InChI is InChI=1S/C13H14F2N4O2S/c1-2-8-22(20,21)19-12-7-6-11(17-18-12)16-13-9(14)4-3-5-10(13)15/h3-7H,2,8H2,1H3,(H,16,17)(H,18,19). The Morgan fingerprint density at radius 3 is 2.18 bits per heavy atom. The van der Waals surface area contributed by atoms with E-state index >= 15 is 0 Å². The van der Waals surface area contributed by atoms with Gasteiger partial charge in [-0.05, 0) is 30.7 Å². The van der Waals surface area contributed by atoms with Gasteiger partial charge in [0.25, 0.3) is 0 Å². The molecule has 0 bridgehead atoms. The van der Waals surface area contributed by atoms with E-state index in [2.05, 4.69) is 20.2 Å². The lowest BCUT2D eigenvalue weighted by atomic mass is 10.3. The largest absolute Gasteiger partial charge is 0.334 e. The monoisotopic (exact) mass is 328 g/mol. The van der Waals surface area contributed by atoms with Gasteiger partial charge in [0, 0.05) is 0 Å². The second-order valence-electron chi connectivity index (χ2n) is 4.45. The zero-order valence-corrected chi connectivity index (χ0v) is 12.5. The predicted octanol–water partition coefficient (Wildman–Crippen LogP) is 2.65. The molecule has 0 fully saturated rings. The predicted molar refractivity (Wildman–Crippen MR) is 79.4 cm³/mol.